The Hall–Kier alpha value is -1.86. The van der Waals surface area contributed by atoms with Crippen LogP contribution in [0.3, 0.4) is 0 Å². The molecular weight excluding hydrogens is 450 g/mol. The molecule has 0 radical (unpaired) electrons. The molecule has 0 spiro atoms. The Morgan fingerprint density at radius 3 is 2.41 bits per heavy atom. The topological polar surface area (TPSA) is 95.2 Å². The summed E-state index contributed by atoms with van der Waals surface area (Å²) in [7, 11) is -3.57. The number of aromatic nitrogens is 3. The van der Waals surface area contributed by atoms with Crippen LogP contribution in [0.4, 0.5) is 0 Å². The lowest BCUT2D eigenvalue weighted by molar-refractivity contribution is -0.122. The zero-order valence-electron chi connectivity index (χ0n) is 19.0. The molecule has 10 nitrogen and oxygen atoms in total. The number of pyridine rings is 1. The Labute approximate surface area is 194 Å². The van der Waals surface area contributed by atoms with E-state index in [4.69, 9.17) is 12.2 Å². The highest BCUT2D eigenvalue weighted by molar-refractivity contribution is 7.89. The molecule has 0 saturated carbocycles. The average molecular weight is 484 g/mol. The van der Waals surface area contributed by atoms with Gasteiger partial charge in [-0.2, -0.15) is 9.40 Å². The first kappa shape index (κ1) is 24.8. The zero-order valence-corrected chi connectivity index (χ0v) is 20.7. The van der Waals surface area contributed by atoms with Crippen molar-refractivity contribution in [2.45, 2.75) is 38.8 Å². The van der Waals surface area contributed by atoms with E-state index in [1.807, 2.05) is 20.8 Å². The van der Waals surface area contributed by atoms with E-state index in [1.54, 1.807) is 27.4 Å². The Morgan fingerprint density at radius 1 is 1.12 bits per heavy atom. The van der Waals surface area contributed by atoms with E-state index in [-0.39, 0.29) is 10.8 Å². The number of carbonyl (C=O) groups excluding carboxylic acids is 1. The van der Waals surface area contributed by atoms with E-state index >= 15 is 0 Å². The van der Waals surface area contributed by atoms with E-state index in [2.05, 4.69) is 20.2 Å². The third-order valence-corrected chi connectivity index (χ3v) is 8.07. The average Bonchev–Trinajstić information content (AvgIpc) is 3.09. The van der Waals surface area contributed by atoms with Gasteiger partial charge in [0.15, 0.2) is 5.65 Å². The summed E-state index contributed by atoms with van der Waals surface area (Å²) in [5, 5.41) is 7.48. The summed E-state index contributed by atoms with van der Waals surface area (Å²) in [4.78, 5) is 16.5. The molecule has 1 aliphatic heterocycles. The van der Waals surface area contributed by atoms with Crippen LogP contribution in [0.5, 0.6) is 0 Å². The molecule has 0 unspecified atom stereocenters. The number of fused-ring (bicyclic) bond motifs is 1. The van der Waals surface area contributed by atoms with E-state index < -0.39 is 10.0 Å². The van der Waals surface area contributed by atoms with Crippen LogP contribution in [0.1, 0.15) is 27.2 Å². The fourth-order valence-electron chi connectivity index (χ4n) is 3.76. The van der Waals surface area contributed by atoms with E-state index in [0.29, 0.717) is 43.3 Å². The minimum absolute atomic E-state index is 0.0679. The van der Waals surface area contributed by atoms with Crippen LogP contribution in [0.25, 0.3) is 5.65 Å². The molecule has 178 valence electrons. The van der Waals surface area contributed by atoms with Gasteiger partial charge in [0.25, 0.3) is 0 Å². The number of sulfonamides is 1. The third kappa shape index (κ3) is 5.54. The van der Waals surface area contributed by atoms with E-state index in [1.165, 1.54) is 4.31 Å². The summed E-state index contributed by atoms with van der Waals surface area (Å²) in [5.41, 5.74) is 0.611. The van der Waals surface area contributed by atoms with Crippen LogP contribution in [0.2, 0.25) is 0 Å². The SMILES string of the molecule is CCCNC(=O)CN1CCN(Cn2nc3ccc(S(=O)(=O)N(CC)CC)cn3c2=S)CC1. The second-order valence-corrected chi connectivity index (χ2v) is 10.2. The Kier molecular flexibility index (Phi) is 8.39. The molecule has 12 heteroatoms. The smallest absolute Gasteiger partial charge is 0.244 e. The van der Waals surface area contributed by atoms with Crippen molar-refractivity contribution in [1.29, 1.82) is 0 Å². The van der Waals surface area contributed by atoms with Gasteiger partial charge in [0.2, 0.25) is 20.7 Å². The van der Waals surface area contributed by atoms with Gasteiger partial charge in [-0.15, -0.1) is 0 Å². The summed E-state index contributed by atoms with van der Waals surface area (Å²) in [5.74, 6) is 0.0679. The molecule has 1 N–H and O–H groups in total. The fourth-order valence-corrected chi connectivity index (χ4v) is 5.46. The molecule has 1 saturated heterocycles. The van der Waals surface area contributed by atoms with E-state index in [0.717, 1.165) is 32.6 Å². The summed E-state index contributed by atoms with van der Waals surface area (Å²) in [6.45, 7) is 11.4. The van der Waals surface area contributed by atoms with Crippen molar-refractivity contribution < 1.29 is 13.2 Å². The lowest BCUT2D eigenvalue weighted by Gasteiger charge is -2.33. The number of piperazine rings is 1. The number of nitrogens with zero attached hydrogens (tertiary/aromatic N) is 6. The monoisotopic (exact) mass is 483 g/mol. The maximum absolute atomic E-state index is 12.8. The molecule has 1 fully saturated rings. The Bertz CT molecular complexity index is 1080. The van der Waals surface area contributed by atoms with Gasteiger partial charge in [-0.05, 0) is 30.8 Å². The molecule has 0 aromatic carbocycles. The van der Waals surface area contributed by atoms with Gasteiger partial charge in [-0.3, -0.25) is 19.0 Å². The van der Waals surface area contributed by atoms with Gasteiger partial charge < -0.3 is 5.32 Å². The largest absolute Gasteiger partial charge is 0.355 e. The normalized spacial score (nSPS) is 16.1. The number of rotatable bonds is 10. The van der Waals surface area contributed by atoms with Crippen LogP contribution in [0, 0.1) is 4.77 Å². The summed E-state index contributed by atoms with van der Waals surface area (Å²) in [6, 6.07) is 3.27. The van der Waals surface area contributed by atoms with E-state index in [9.17, 15) is 13.2 Å². The predicted octanol–water partition coefficient (Wildman–Crippen LogP) is 0.997. The van der Waals surface area contributed by atoms with Crippen LogP contribution < -0.4 is 5.32 Å². The fraction of sp³-hybridized carbons (Fsp3) is 0.650. The summed E-state index contributed by atoms with van der Waals surface area (Å²) < 4.78 is 31.0. The number of amides is 1. The Balaban J connectivity index is 1.67. The molecule has 2 aromatic rings. The number of carbonyl (C=O) groups is 1. The summed E-state index contributed by atoms with van der Waals surface area (Å²) in [6.07, 6.45) is 2.49. The molecular formula is C20H33N7O3S2. The van der Waals surface area contributed by atoms with Gasteiger partial charge in [0.1, 0.15) is 0 Å². The lowest BCUT2D eigenvalue weighted by atomic mass is 10.3. The maximum atomic E-state index is 12.8. The van der Waals surface area contributed by atoms with Gasteiger partial charge >= 0.3 is 0 Å². The second-order valence-electron chi connectivity index (χ2n) is 7.85. The van der Waals surface area contributed by atoms with Crippen molar-refractivity contribution in [3.8, 4) is 0 Å². The minimum Gasteiger partial charge on any atom is -0.355 e. The van der Waals surface area contributed by atoms with Crippen molar-refractivity contribution >= 4 is 33.8 Å². The van der Waals surface area contributed by atoms with Crippen molar-refractivity contribution in [2.24, 2.45) is 0 Å². The van der Waals surface area contributed by atoms with Crippen molar-refractivity contribution in [2.75, 3.05) is 52.4 Å². The van der Waals surface area contributed by atoms with Gasteiger partial charge in [0.05, 0.1) is 18.1 Å². The highest BCUT2D eigenvalue weighted by atomic mass is 32.2. The highest BCUT2D eigenvalue weighted by Gasteiger charge is 2.23. The molecule has 1 aliphatic rings. The standard InChI is InChI=1S/C20H33N7O3S2/c1-4-9-21-19(28)15-23-10-12-24(13-11-23)16-27-20(31)26-14-17(7-8-18(26)22-27)32(29,30)25(5-2)6-3/h7-8,14H,4-6,9-13,15-16H2,1-3H3,(H,21,28). The highest BCUT2D eigenvalue weighted by Crippen LogP contribution is 2.17. The molecule has 32 heavy (non-hydrogen) atoms. The number of hydrogen-bond acceptors (Lipinski definition) is 7. The lowest BCUT2D eigenvalue weighted by Crippen LogP contribution is -2.49. The van der Waals surface area contributed by atoms with Crippen molar-refractivity contribution in [3.05, 3.63) is 23.1 Å². The first-order chi connectivity index (χ1) is 15.3. The quantitative estimate of drug-likeness (QED) is 0.504. The molecule has 1 amide bonds. The molecule has 2 aromatic heterocycles. The third-order valence-electron chi connectivity index (χ3n) is 5.63. The van der Waals surface area contributed by atoms with Gasteiger partial charge in [-0.1, -0.05) is 20.8 Å². The van der Waals surface area contributed by atoms with Gasteiger partial charge in [0, 0.05) is 52.0 Å². The van der Waals surface area contributed by atoms with Crippen molar-refractivity contribution in [1.82, 2.24) is 33.6 Å². The minimum atomic E-state index is -3.57. The molecule has 3 heterocycles. The van der Waals surface area contributed by atoms with Crippen LogP contribution in [-0.2, 0) is 21.5 Å². The Morgan fingerprint density at radius 2 is 1.78 bits per heavy atom. The van der Waals surface area contributed by atoms with Crippen LogP contribution in [0.15, 0.2) is 23.2 Å². The molecule has 0 aliphatic carbocycles. The molecule has 0 bridgehead atoms. The number of hydrogen-bond donors (Lipinski definition) is 1. The predicted molar refractivity (Wildman–Crippen MR) is 125 cm³/mol. The van der Waals surface area contributed by atoms with Crippen LogP contribution in [-0.4, -0.2) is 95.0 Å². The molecule has 0 atom stereocenters. The first-order valence-electron chi connectivity index (χ1n) is 11.1. The number of nitrogens with one attached hydrogen (secondary N) is 1. The van der Waals surface area contributed by atoms with Gasteiger partial charge in [-0.25, -0.2) is 13.1 Å². The summed E-state index contributed by atoms with van der Waals surface area (Å²) >= 11 is 5.59. The second kappa shape index (κ2) is 10.8. The first-order valence-corrected chi connectivity index (χ1v) is 13.0. The molecule has 3 rings (SSSR count). The maximum Gasteiger partial charge on any atom is 0.244 e. The zero-order chi connectivity index (χ0) is 23.3. The van der Waals surface area contributed by atoms with Crippen molar-refractivity contribution in [3.63, 3.8) is 0 Å². The van der Waals surface area contributed by atoms with Crippen LogP contribution >= 0.6 is 12.2 Å².